The predicted molar refractivity (Wildman–Crippen MR) is 71.1 cm³/mol. The van der Waals surface area contributed by atoms with Gasteiger partial charge in [0.05, 0.1) is 0 Å². The maximum absolute atomic E-state index is 13.2. The van der Waals surface area contributed by atoms with E-state index in [0.29, 0.717) is 18.6 Å². The van der Waals surface area contributed by atoms with Crippen LogP contribution < -0.4 is 5.32 Å². The highest BCUT2D eigenvalue weighted by Crippen LogP contribution is 2.09. The minimum atomic E-state index is -1.12. The van der Waals surface area contributed by atoms with Gasteiger partial charge < -0.3 is 15.2 Å². The summed E-state index contributed by atoms with van der Waals surface area (Å²) in [6, 6.07) is 2.87. The van der Waals surface area contributed by atoms with Crippen LogP contribution >= 0.6 is 0 Å². The standard InChI is InChI=1S/C14H18FNO4/c1-9-6-10(8-11(15)7-9)13(17)16-12(14(18)19)4-3-5-20-2/h6-8,12H,3-5H2,1-2H3,(H,16,17)(H,18,19). The average molecular weight is 283 g/mol. The summed E-state index contributed by atoms with van der Waals surface area (Å²) in [4.78, 5) is 23.0. The molecule has 20 heavy (non-hydrogen) atoms. The largest absolute Gasteiger partial charge is 0.480 e. The third-order valence-corrected chi connectivity index (χ3v) is 2.75. The van der Waals surface area contributed by atoms with Crippen LogP contribution in [-0.4, -0.2) is 36.7 Å². The number of carboxylic acid groups (broad SMARTS) is 1. The lowest BCUT2D eigenvalue weighted by atomic mass is 10.1. The Morgan fingerprint density at radius 1 is 1.40 bits per heavy atom. The second-order valence-corrected chi connectivity index (χ2v) is 4.52. The van der Waals surface area contributed by atoms with E-state index in [4.69, 9.17) is 9.84 Å². The monoisotopic (exact) mass is 283 g/mol. The highest BCUT2D eigenvalue weighted by Gasteiger charge is 2.20. The number of amides is 1. The molecule has 0 aliphatic heterocycles. The zero-order valence-corrected chi connectivity index (χ0v) is 11.5. The number of aryl methyl sites for hydroxylation is 1. The first kappa shape index (κ1) is 16.1. The molecule has 0 aromatic heterocycles. The van der Waals surface area contributed by atoms with Gasteiger partial charge in [-0.15, -0.1) is 0 Å². The van der Waals surface area contributed by atoms with Gasteiger partial charge in [-0.05, 0) is 43.5 Å². The lowest BCUT2D eigenvalue weighted by Gasteiger charge is -2.14. The van der Waals surface area contributed by atoms with Crippen molar-refractivity contribution in [2.75, 3.05) is 13.7 Å². The lowest BCUT2D eigenvalue weighted by Crippen LogP contribution is -2.41. The molecule has 110 valence electrons. The third-order valence-electron chi connectivity index (χ3n) is 2.75. The number of hydrogen-bond donors (Lipinski definition) is 2. The van der Waals surface area contributed by atoms with Crippen molar-refractivity contribution < 1.29 is 23.8 Å². The average Bonchev–Trinajstić information content (AvgIpc) is 2.36. The summed E-state index contributed by atoms with van der Waals surface area (Å²) in [5, 5.41) is 11.4. The maximum Gasteiger partial charge on any atom is 0.326 e. The molecule has 0 saturated heterocycles. The molecular formula is C14H18FNO4. The van der Waals surface area contributed by atoms with E-state index in [0.717, 1.165) is 6.07 Å². The second kappa shape index (κ2) is 7.59. The van der Waals surface area contributed by atoms with Crippen LogP contribution in [0.4, 0.5) is 4.39 Å². The molecule has 0 fully saturated rings. The molecule has 1 aromatic rings. The van der Waals surface area contributed by atoms with Gasteiger partial charge in [0.2, 0.25) is 0 Å². The van der Waals surface area contributed by atoms with Crippen molar-refractivity contribution >= 4 is 11.9 Å². The van der Waals surface area contributed by atoms with Crippen LogP contribution in [0.5, 0.6) is 0 Å². The summed E-state index contributed by atoms with van der Waals surface area (Å²) in [6.45, 7) is 2.08. The third kappa shape index (κ3) is 4.97. The first-order valence-corrected chi connectivity index (χ1v) is 6.24. The van der Waals surface area contributed by atoms with E-state index in [1.807, 2.05) is 0 Å². The molecule has 0 spiro atoms. The molecule has 1 aromatic carbocycles. The van der Waals surface area contributed by atoms with Crippen molar-refractivity contribution in [3.63, 3.8) is 0 Å². The molecule has 5 nitrogen and oxygen atoms in total. The SMILES string of the molecule is COCCCC(NC(=O)c1cc(C)cc(F)c1)C(=O)O. The molecular weight excluding hydrogens is 265 g/mol. The van der Waals surface area contributed by atoms with Crippen molar-refractivity contribution in [3.05, 3.63) is 35.1 Å². The van der Waals surface area contributed by atoms with Gasteiger partial charge in [0, 0.05) is 19.3 Å². The van der Waals surface area contributed by atoms with Crippen LogP contribution in [-0.2, 0) is 9.53 Å². The van der Waals surface area contributed by atoms with Gasteiger partial charge in [-0.2, -0.15) is 0 Å². The summed E-state index contributed by atoms with van der Waals surface area (Å²) in [5.74, 6) is -2.25. The minimum absolute atomic E-state index is 0.112. The van der Waals surface area contributed by atoms with E-state index >= 15 is 0 Å². The van der Waals surface area contributed by atoms with E-state index in [-0.39, 0.29) is 12.0 Å². The topological polar surface area (TPSA) is 75.6 Å². The summed E-state index contributed by atoms with van der Waals surface area (Å²) in [5.41, 5.74) is 0.710. The Morgan fingerprint density at radius 2 is 2.10 bits per heavy atom. The van der Waals surface area contributed by atoms with Gasteiger partial charge in [-0.25, -0.2) is 9.18 Å². The quantitative estimate of drug-likeness (QED) is 0.747. The molecule has 0 radical (unpaired) electrons. The molecule has 1 unspecified atom stereocenters. The van der Waals surface area contributed by atoms with Crippen LogP contribution in [0.2, 0.25) is 0 Å². The second-order valence-electron chi connectivity index (χ2n) is 4.52. The number of halogens is 1. The van der Waals surface area contributed by atoms with Crippen molar-refractivity contribution in [1.82, 2.24) is 5.32 Å². The van der Waals surface area contributed by atoms with Gasteiger partial charge in [0.1, 0.15) is 11.9 Å². The molecule has 0 heterocycles. The number of nitrogens with one attached hydrogen (secondary N) is 1. The molecule has 1 atom stereocenters. The lowest BCUT2D eigenvalue weighted by molar-refractivity contribution is -0.139. The summed E-state index contributed by atoms with van der Waals surface area (Å²) < 4.78 is 18.1. The predicted octanol–water partition coefficient (Wildman–Crippen LogP) is 1.74. The van der Waals surface area contributed by atoms with Crippen molar-refractivity contribution in [3.8, 4) is 0 Å². The minimum Gasteiger partial charge on any atom is -0.480 e. The molecule has 0 aliphatic rings. The fraction of sp³-hybridized carbons (Fsp3) is 0.429. The zero-order valence-electron chi connectivity index (χ0n) is 11.5. The van der Waals surface area contributed by atoms with Crippen molar-refractivity contribution in [2.45, 2.75) is 25.8 Å². The van der Waals surface area contributed by atoms with E-state index < -0.39 is 23.7 Å². The van der Waals surface area contributed by atoms with Gasteiger partial charge in [-0.1, -0.05) is 0 Å². The number of carbonyl (C=O) groups is 2. The summed E-state index contributed by atoms with van der Waals surface area (Å²) in [7, 11) is 1.52. The van der Waals surface area contributed by atoms with Crippen LogP contribution in [0.1, 0.15) is 28.8 Å². The number of carbonyl (C=O) groups excluding carboxylic acids is 1. The Morgan fingerprint density at radius 3 is 2.65 bits per heavy atom. The number of aliphatic carboxylic acids is 1. The Hall–Kier alpha value is -1.95. The number of carboxylic acids is 1. The highest BCUT2D eigenvalue weighted by molar-refractivity contribution is 5.96. The van der Waals surface area contributed by atoms with Gasteiger partial charge in [0.15, 0.2) is 0 Å². The van der Waals surface area contributed by atoms with Gasteiger partial charge in [-0.3, -0.25) is 4.79 Å². The van der Waals surface area contributed by atoms with Crippen LogP contribution in [0.25, 0.3) is 0 Å². The number of hydrogen-bond acceptors (Lipinski definition) is 3. The van der Waals surface area contributed by atoms with E-state index in [1.54, 1.807) is 6.92 Å². The maximum atomic E-state index is 13.2. The van der Waals surface area contributed by atoms with Gasteiger partial charge in [0.25, 0.3) is 5.91 Å². The highest BCUT2D eigenvalue weighted by atomic mass is 19.1. The molecule has 1 rings (SSSR count). The number of methoxy groups -OCH3 is 1. The molecule has 0 saturated carbocycles. The van der Waals surface area contributed by atoms with Gasteiger partial charge >= 0.3 is 5.97 Å². The molecule has 0 bridgehead atoms. The normalized spacial score (nSPS) is 11.9. The van der Waals surface area contributed by atoms with Crippen molar-refractivity contribution in [2.24, 2.45) is 0 Å². The van der Waals surface area contributed by atoms with Crippen LogP contribution in [0.3, 0.4) is 0 Å². The molecule has 0 aliphatic carbocycles. The number of ether oxygens (including phenoxy) is 1. The zero-order chi connectivity index (χ0) is 15.1. The molecule has 1 amide bonds. The fourth-order valence-electron chi connectivity index (χ4n) is 1.80. The summed E-state index contributed by atoms with van der Waals surface area (Å²) >= 11 is 0. The van der Waals surface area contributed by atoms with Crippen LogP contribution in [0.15, 0.2) is 18.2 Å². The Labute approximate surface area is 116 Å². The number of benzene rings is 1. The Balaban J connectivity index is 2.72. The fourth-order valence-corrected chi connectivity index (χ4v) is 1.80. The van der Waals surface area contributed by atoms with E-state index in [2.05, 4.69) is 5.32 Å². The molecule has 2 N–H and O–H groups in total. The molecule has 6 heteroatoms. The first-order valence-electron chi connectivity index (χ1n) is 6.24. The Bertz CT molecular complexity index is 470. The number of rotatable bonds is 7. The summed E-state index contributed by atoms with van der Waals surface area (Å²) in [6.07, 6.45) is 0.763. The first-order chi connectivity index (χ1) is 9.43. The van der Waals surface area contributed by atoms with E-state index in [1.165, 1.54) is 19.2 Å². The Kier molecular flexibility index (Phi) is 6.11. The van der Waals surface area contributed by atoms with Crippen molar-refractivity contribution in [1.29, 1.82) is 0 Å². The van der Waals surface area contributed by atoms with E-state index in [9.17, 15) is 14.0 Å². The smallest absolute Gasteiger partial charge is 0.326 e. The van der Waals surface area contributed by atoms with Crippen LogP contribution in [0, 0.1) is 12.7 Å².